The maximum atomic E-state index is 10.8. The third-order valence-corrected chi connectivity index (χ3v) is 1.90. The van der Waals surface area contributed by atoms with Crippen molar-refractivity contribution < 1.29 is 9.09 Å². The number of hydrogen-bond donors (Lipinski definition) is 0. The summed E-state index contributed by atoms with van der Waals surface area (Å²) in [4.78, 5) is 0. The molecule has 2 nitrogen and oxygen atoms in total. The summed E-state index contributed by atoms with van der Waals surface area (Å²) in [6, 6.07) is 9.04. The second-order valence-electron chi connectivity index (χ2n) is 1.94. The van der Waals surface area contributed by atoms with Gasteiger partial charge in [0.25, 0.3) is 8.03 Å². The van der Waals surface area contributed by atoms with E-state index in [1.165, 1.54) is 5.82 Å². The molecule has 0 heterocycles. The summed E-state index contributed by atoms with van der Waals surface area (Å²) in [6.45, 7) is 3.36. The van der Waals surface area contributed by atoms with Crippen LogP contribution >= 0.6 is 8.03 Å². The monoisotopic (exact) mass is 168 g/mol. The fourth-order valence-electron chi connectivity index (χ4n) is 0.646. The molecule has 0 radical (unpaired) electrons. The Labute approximate surface area is 66.4 Å². The van der Waals surface area contributed by atoms with Gasteiger partial charge in [-0.15, -0.1) is 0 Å². The predicted molar refractivity (Wildman–Crippen MR) is 46.3 cm³/mol. The lowest BCUT2D eigenvalue weighted by atomic mass is 10.3. The first-order valence-electron chi connectivity index (χ1n) is 3.22. The van der Waals surface area contributed by atoms with Crippen molar-refractivity contribution in [3.05, 3.63) is 42.7 Å². The van der Waals surface area contributed by atoms with Crippen LogP contribution in [-0.2, 0) is 4.57 Å². The Morgan fingerprint density at radius 3 is 2.55 bits per heavy atom. The number of rotatable bonds is 3. The summed E-state index contributed by atoms with van der Waals surface area (Å²) in [6.07, 6.45) is 0. The van der Waals surface area contributed by atoms with Crippen LogP contribution < -0.4 is 4.52 Å². The molecule has 0 aliphatic heterocycles. The highest BCUT2D eigenvalue weighted by molar-refractivity contribution is 7.43. The van der Waals surface area contributed by atoms with Crippen LogP contribution in [0, 0.1) is 0 Å². The zero-order valence-electron chi connectivity index (χ0n) is 5.99. The first kappa shape index (κ1) is 8.09. The maximum absolute atomic E-state index is 10.8. The van der Waals surface area contributed by atoms with Crippen LogP contribution in [0.25, 0.3) is 0 Å². The molecule has 0 aliphatic carbocycles. The quantitative estimate of drug-likeness (QED) is 0.648. The van der Waals surface area contributed by atoms with Crippen LogP contribution in [0.4, 0.5) is 0 Å². The standard InChI is InChI=1S/C8H9O2P/c1-2-11(9)10-8-6-4-3-5-7-8/h2-7,11H,1H2. The van der Waals surface area contributed by atoms with Gasteiger partial charge in [0, 0.05) is 5.82 Å². The first-order valence-corrected chi connectivity index (χ1v) is 4.61. The van der Waals surface area contributed by atoms with Crippen molar-refractivity contribution in [2.24, 2.45) is 0 Å². The molecule has 11 heavy (non-hydrogen) atoms. The largest absolute Gasteiger partial charge is 0.442 e. The zero-order valence-corrected chi connectivity index (χ0v) is 6.99. The van der Waals surface area contributed by atoms with Gasteiger partial charge >= 0.3 is 0 Å². The lowest BCUT2D eigenvalue weighted by Crippen LogP contribution is -1.76. The van der Waals surface area contributed by atoms with Crippen molar-refractivity contribution in [2.75, 3.05) is 0 Å². The van der Waals surface area contributed by atoms with Crippen LogP contribution in [0.15, 0.2) is 42.7 Å². The maximum Gasteiger partial charge on any atom is 0.258 e. The van der Waals surface area contributed by atoms with Gasteiger partial charge in [0.15, 0.2) is 0 Å². The molecule has 0 amide bonds. The molecule has 0 N–H and O–H groups in total. The van der Waals surface area contributed by atoms with Gasteiger partial charge in [0.1, 0.15) is 5.75 Å². The van der Waals surface area contributed by atoms with E-state index in [0.29, 0.717) is 5.75 Å². The highest BCUT2D eigenvalue weighted by atomic mass is 31.1. The normalized spacial score (nSPS) is 12.0. The Balaban J connectivity index is 2.65. The second kappa shape index (κ2) is 3.99. The molecule has 0 saturated carbocycles. The van der Waals surface area contributed by atoms with Gasteiger partial charge in [-0.2, -0.15) is 0 Å². The third-order valence-electron chi connectivity index (χ3n) is 1.13. The van der Waals surface area contributed by atoms with Crippen LogP contribution in [0.1, 0.15) is 0 Å². The minimum Gasteiger partial charge on any atom is -0.442 e. The Morgan fingerprint density at radius 1 is 1.36 bits per heavy atom. The Kier molecular flexibility index (Phi) is 2.94. The number of para-hydroxylation sites is 1. The van der Waals surface area contributed by atoms with Gasteiger partial charge in [0.05, 0.1) is 0 Å². The lowest BCUT2D eigenvalue weighted by Gasteiger charge is -2.00. The van der Waals surface area contributed by atoms with Gasteiger partial charge in [-0.25, -0.2) is 0 Å². The summed E-state index contributed by atoms with van der Waals surface area (Å²) in [7, 11) is -2.07. The van der Waals surface area contributed by atoms with E-state index in [0.717, 1.165) is 0 Å². The smallest absolute Gasteiger partial charge is 0.258 e. The predicted octanol–water partition coefficient (Wildman–Crippen LogP) is 2.68. The molecule has 1 atom stereocenters. The topological polar surface area (TPSA) is 26.3 Å². The van der Waals surface area contributed by atoms with E-state index in [1.807, 2.05) is 18.2 Å². The molecular weight excluding hydrogens is 159 g/mol. The summed E-state index contributed by atoms with van der Waals surface area (Å²) < 4.78 is 15.8. The Morgan fingerprint density at radius 2 is 2.00 bits per heavy atom. The Hall–Kier alpha value is -1.01. The molecule has 3 heteroatoms. The molecule has 1 aromatic carbocycles. The molecule has 58 valence electrons. The summed E-state index contributed by atoms with van der Waals surface area (Å²) in [5.41, 5.74) is 0. The molecule has 1 unspecified atom stereocenters. The highest BCUT2D eigenvalue weighted by Crippen LogP contribution is 2.26. The molecule has 0 bridgehead atoms. The van der Waals surface area contributed by atoms with E-state index in [9.17, 15) is 4.57 Å². The van der Waals surface area contributed by atoms with E-state index in [1.54, 1.807) is 12.1 Å². The molecule has 0 aromatic heterocycles. The van der Waals surface area contributed by atoms with Crippen molar-refractivity contribution in [1.82, 2.24) is 0 Å². The van der Waals surface area contributed by atoms with Gasteiger partial charge in [-0.3, -0.25) is 4.57 Å². The number of hydrogen-bond acceptors (Lipinski definition) is 2. The molecular formula is C8H9O2P. The van der Waals surface area contributed by atoms with Crippen LogP contribution in [0.5, 0.6) is 5.75 Å². The summed E-state index contributed by atoms with van der Waals surface area (Å²) in [5, 5.41) is 0. The van der Waals surface area contributed by atoms with Crippen LogP contribution in [0.3, 0.4) is 0 Å². The van der Waals surface area contributed by atoms with Gasteiger partial charge in [-0.05, 0) is 12.1 Å². The molecule has 0 saturated heterocycles. The van der Waals surface area contributed by atoms with Crippen molar-refractivity contribution in [3.8, 4) is 5.75 Å². The average molecular weight is 168 g/mol. The van der Waals surface area contributed by atoms with Gasteiger partial charge in [-0.1, -0.05) is 24.8 Å². The van der Waals surface area contributed by atoms with E-state index >= 15 is 0 Å². The second-order valence-corrected chi connectivity index (χ2v) is 3.19. The van der Waals surface area contributed by atoms with Crippen molar-refractivity contribution in [3.63, 3.8) is 0 Å². The molecule has 1 aromatic rings. The molecule has 1 rings (SSSR count). The van der Waals surface area contributed by atoms with Crippen LogP contribution in [-0.4, -0.2) is 0 Å². The average Bonchev–Trinajstić information content (AvgIpc) is 2.06. The zero-order chi connectivity index (χ0) is 8.10. The highest BCUT2D eigenvalue weighted by Gasteiger charge is 1.93. The van der Waals surface area contributed by atoms with E-state index in [4.69, 9.17) is 4.52 Å². The van der Waals surface area contributed by atoms with Crippen molar-refractivity contribution in [2.45, 2.75) is 0 Å². The van der Waals surface area contributed by atoms with E-state index in [2.05, 4.69) is 6.58 Å². The number of benzene rings is 1. The fraction of sp³-hybridized carbons (Fsp3) is 0. The Bertz CT molecular complexity index is 256. The van der Waals surface area contributed by atoms with Gasteiger partial charge < -0.3 is 4.52 Å². The minimum absolute atomic E-state index is 0.622. The summed E-state index contributed by atoms with van der Waals surface area (Å²) >= 11 is 0. The molecule has 0 aliphatic rings. The first-order chi connectivity index (χ1) is 5.33. The molecule has 0 spiro atoms. The third kappa shape index (κ3) is 2.60. The lowest BCUT2D eigenvalue weighted by molar-refractivity contribution is 0.514. The minimum atomic E-state index is -2.07. The van der Waals surface area contributed by atoms with Crippen LogP contribution in [0.2, 0.25) is 0 Å². The van der Waals surface area contributed by atoms with Gasteiger partial charge in [0.2, 0.25) is 0 Å². The van der Waals surface area contributed by atoms with E-state index in [-0.39, 0.29) is 0 Å². The fourth-order valence-corrected chi connectivity index (χ4v) is 1.10. The SMILES string of the molecule is C=C[PH](=O)Oc1ccccc1. The van der Waals surface area contributed by atoms with Crippen molar-refractivity contribution in [1.29, 1.82) is 0 Å². The van der Waals surface area contributed by atoms with Crippen molar-refractivity contribution >= 4 is 8.03 Å². The van der Waals surface area contributed by atoms with E-state index < -0.39 is 8.03 Å². The summed E-state index contributed by atoms with van der Waals surface area (Å²) in [5.74, 6) is 1.94. The molecule has 0 fully saturated rings.